The number of carboxylic acid groups (broad SMARTS) is 1. The van der Waals surface area contributed by atoms with Gasteiger partial charge in [0.25, 0.3) is 0 Å². The molecule has 0 aromatic rings. The summed E-state index contributed by atoms with van der Waals surface area (Å²) in [6.45, 7) is 0. The van der Waals surface area contributed by atoms with Crippen LogP contribution < -0.4 is 0 Å². The Kier molecular flexibility index (Phi) is 2.31. The van der Waals surface area contributed by atoms with Gasteiger partial charge < -0.3 is 5.11 Å². The van der Waals surface area contributed by atoms with E-state index in [0.717, 1.165) is 36.0 Å². The van der Waals surface area contributed by atoms with E-state index in [0.29, 0.717) is 16.7 Å². The largest absolute Gasteiger partial charge is 0.481 e. The highest BCUT2D eigenvalue weighted by Crippen LogP contribution is 2.90. The lowest BCUT2D eigenvalue weighted by molar-refractivity contribution is -0.237. The van der Waals surface area contributed by atoms with E-state index >= 15 is 0 Å². The molecule has 1 N–H and O–H groups in total. The van der Waals surface area contributed by atoms with Crippen LogP contribution in [0.15, 0.2) is 12.2 Å². The molecule has 0 radical (unpaired) electrons. The Labute approximate surface area is 150 Å². The number of aliphatic carboxylic acids is 1. The molecule has 0 saturated heterocycles. The van der Waals surface area contributed by atoms with Gasteiger partial charge in [0.1, 0.15) is 0 Å². The predicted molar refractivity (Wildman–Crippen MR) is 94.7 cm³/mol. The zero-order valence-corrected chi connectivity index (χ0v) is 15.1. The molecule has 6 fully saturated rings. The number of carboxylic acids is 1. The average molecular weight is 338 g/mol. The number of allylic oxidation sites excluding steroid dienone is 2. The monoisotopic (exact) mass is 338 g/mol. The van der Waals surface area contributed by atoms with Gasteiger partial charge in [-0.3, -0.25) is 4.79 Å². The molecule has 10 atom stereocenters. The highest BCUT2D eigenvalue weighted by molar-refractivity contribution is 5.73. The molecule has 7 aliphatic carbocycles. The maximum atomic E-state index is 12.4. The van der Waals surface area contributed by atoms with Gasteiger partial charge in [-0.15, -0.1) is 0 Å². The minimum Gasteiger partial charge on any atom is -0.481 e. The minimum atomic E-state index is -0.481. The van der Waals surface area contributed by atoms with Crippen molar-refractivity contribution in [2.45, 2.75) is 64.2 Å². The first-order chi connectivity index (χ1) is 12.1. The molecule has 2 heteroatoms. The van der Waals surface area contributed by atoms with E-state index < -0.39 is 5.97 Å². The first-order valence-corrected chi connectivity index (χ1v) is 11.1. The third-order valence-electron chi connectivity index (χ3n) is 11.2. The lowest BCUT2D eigenvalue weighted by atomic mass is 9.32. The van der Waals surface area contributed by atoms with Crippen molar-refractivity contribution >= 4 is 5.97 Å². The summed E-state index contributed by atoms with van der Waals surface area (Å²) in [4.78, 5) is 12.4. The van der Waals surface area contributed by atoms with Crippen LogP contribution in [0.2, 0.25) is 0 Å². The Bertz CT molecular complexity index is 707. The smallest absolute Gasteiger partial charge is 0.307 e. The van der Waals surface area contributed by atoms with Gasteiger partial charge in [0.15, 0.2) is 0 Å². The van der Waals surface area contributed by atoms with E-state index in [9.17, 15) is 9.90 Å². The first-order valence-electron chi connectivity index (χ1n) is 11.1. The Hall–Kier alpha value is -0.790. The van der Waals surface area contributed by atoms with Gasteiger partial charge in [0.05, 0.1) is 5.92 Å². The second-order valence-corrected chi connectivity index (χ2v) is 11.1. The topological polar surface area (TPSA) is 37.3 Å². The SMILES string of the molecule is O=C(O)C1CC2C=CC1(C13CC(C4CCCC41)C1C4CCCC13C4)C2. The second-order valence-electron chi connectivity index (χ2n) is 11.1. The van der Waals surface area contributed by atoms with Crippen molar-refractivity contribution in [1.82, 2.24) is 0 Å². The van der Waals surface area contributed by atoms with Crippen molar-refractivity contribution in [1.29, 1.82) is 0 Å². The number of hydrogen-bond acceptors (Lipinski definition) is 1. The number of rotatable bonds is 2. The molecule has 7 rings (SSSR count). The van der Waals surface area contributed by atoms with Crippen molar-refractivity contribution in [3.8, 4) is 0 Å². The zero-order valence-electron chi connectivity index (χ0n) is 15.1. The molecule has 0 aliphatic heterocycles. The van der Waals surface area contributed by atoms with Crippen molar-refractivity contribution in [3.05, 3.63) is 12.2 Å². The van der Waals surface area contributed by atoms with Crippen LogP contribution in [0.5, 0.6) is 0 Å². The highest BCUT2D eigenvalue weighted by atomic mass is 16.4. The molecular formula is C23H30O2. The second kappa shape index (κ2) is 4.04. The fourth-order valence-electron chi connectivity index (χ4n) is 11.2. The number of carbonyl (C=O) groups is 1. The summed E-state index contributed by atoms with van der Waals surface area (Å²) in [7, 11) is 0. The van der Waals surface area contributed by atoms with E-state index in [2.05, 4.69) is 12.2 Å². The van der Waals surface area contributed by atoms with Gasteiger partial charge in [0, 0.05) is 5.41 Å². The molecule has 10 unspecified atom stereocenters. The van der Waals surface area contributed by atoms with Crippen molar-refractivity contribution in [3.63, 3.8) is 0 Å². The van der Waals surface area contributed by atoms with E-state index in [-0.39, 0.29) is 11.3 Å². The molecular weight excluding hydrogens is 308 g/mol. The fraction of sp³-hybridized carbons (Fsp3) is 0.870. The Morgan fingerprint density at radius 2 is 1.96 bits per heavy atom. The molecule has 6 saturated carbocycles. The van der Waals surface area contributed by atoms with Crippen LogP contribution >= 0.6 is 0 Å². The number of hydrogen-bond donors (Lipinski definition) is 1. The molecule has 0 spiro atoms. The lowest BCUT2D eigenvalue weighted by Gasteiger charge is -2.72. The van der Waals surface area contributed by atoms with Crippen LogP contribution in [0, 0.1) is 57.7 Å². The maximum Gasteiger partial charge on any atom is 0.307 e. The Morgan fingerprint density at radius 1 is 1.04 bits per heavy atom. The van der Waals surface area contributed by atoms with Crippen molar-refractivity contribution < 1.29 is 9.90 Å². The molecule has 0 amide bonds. The molecule has 0 aromatic carbocycles. The molecule has 0 heterocycles. The van der Waals surface area contributed by atoms with Crippen LogP contribution in [0.25, 0.3) is 0 Å². The molecule has 134 valence electrons. The Balaban J connectivity index is 1.48. The molecule has 25 heavy (non-hydrogen) atoms. The quantitative estimate of drug-likeness (QED) is 0.727. The van der Waals surface area contributed by atoms with E-state index in [1.807, 2.05) is 0 Å². The lowest BCUT2D eigenvalue weighted by Crippen LogP contribution is -2.67. The summed E-state index contributed by atoms with van der Waals surface area (Å²) >= 11 is 0. The average Bonchev–Trinajstić information content (AvgIpc) is 3.37. The van der Waals surface area contributed by atoms with Gasteiger partial charge in [-0.2, -0.15) is 0 Å². The maximum absolute atomic E-state index is 12.4. The van der Waals surface area contributed by atoms with Crippen LogP contribution in [0.4, 0.5) is 0 Å². The first kappa shape index (κ1) is 14.3. The van der Waals surface area contributed by atoms with Crippen LogP contribution in [-0.2, 0) is 4.79 Å². The van der Waals surface area contributed by atoms with E-state index in [4.69, 9.17) is 0 Å². The van der Waals surface area contributed by atoms with Crippen molar-refractivity contribution in [2.75, 3.05) is 0 Å². The molecule has 0 aromatic heterocycles. The normalized spacial score (nSPS) is 65.0. The number of fused-ring (bicyclic) bond motifs is 8. The predicted octanol–water partition coefficient (Wildman–Crippen LogP) is 4.90. The van der Waals surface area contributed by atoms with Crippen LogP contribution in [-0.4, -0.2) is 11.1 Å². The molecule has 2 nitrogen and oxygen atoms in total. The molecule has 7 aliphatic rings. The van der Waals surface area contributed by atoms with Crippen LogP contribution in [0.3, 0.4) is 0 Å². The summed E-state index contributed by atoms with van der Waals surface area (Å²) in [5.41, 5.74) is 0.921. The summed E-state index contributed by atoms with van der Waals surface area (Å²) in [5.74, 6) is 4.75. The molecule has 6 bridgehead atoms. The fourth-order valence-corrected chi connectivity index (χ4v) is 11.2. The van der Waals surface area contributed by atoms with Crippen LogP contribution in [0.1, 0.15) is 64.2 Å². The van der Waals surface area contributed by atoms with Gasteiger partial charge in [-0.05, 0) is 91.3 Å². The van der Waals surface area contributed by atoms with E-state index in [1.54, 1.807) is 0 Å². The Morgan fingerprint density at radius 3 is 2.76 bits per heavy atom. The van der Waals surface area contributed by atoms with Crippen molar-refractivity contribution in [2.24, 2.45) is 57.7 Å². The van der Waals surface area contributed by atoms with E-state index in [1.165, 1.54) is 57.8 Å². The summed E-state index contributed by atoms with van der Waals surface area (Å²) in [6, 6.07) is 0. The highest BCUT2D eigenvalue weighted by Gasteiger charge is 2.85. The summed E-state index contributed by atoms with van der Waals surface area (Å²) in [5, 5.41) is 10.2. The van der Waals surface area contributed by atoms with Gasteiger partial charge in [-0.1, -0.05) is 31.4 Å². The minimum absolute atomic E-state index is 0.0164. The third kappa shape index (κ3) is 1.20. The summed E-state index contributed by atoms with van der Waals surface area (Å²) in [6.07, 6.45) is 18.5. The standard InChI is InChI=1S/C23H30O2/c24-20(25)18-9-13-6-8-21(18,10-13)23-12-16(15-4-1-5-17(15)23)19-14-3-2-7-22(19,23)11-14/h6,8,13-19H,1-5,7,9-12H2,(H,24,25). The van der Waals surface area contributed by atoms with Gasteiger partial charge in [-0.25, -0.2) is 0 Å². The third-order valence-corrected chi connectivity index (χ3v) is 11.2. The summed E-state index contributed by atoms with van der Waals surface area (Å²) < 4.78 is 0. The zero-order chi connectivity index (χ0) is 16.6. The van der Waals surface area contributed by atoms with Gasteiger partial charge >= 0.3 is 5.97 Å². The van der Waals surface area contributed by atoms with Gasteiger partial charge in [0.2, 0.25) is 0 Å².